The van der Waals surface area contributed by atoms with Gasteiger partial charge in [-0.1, -0.05) is 11.6 Å². The van der Waals surface area contributed by atoms with Crippen molar-refractivity contribution in [2.24, 2.45) is 0 Å². The Kier molecular flexibility index (Phi) is 5.53. The van der Waals surface area contributed by atoms with E-state index < -0.39 is 15.1 Å². The summed E-state index contributed by atoms with van der Waals surface area (Å²) >= 11 is 5.83. The number of benzene rings is 2. The highest BCUT2D eigenvalue weighted by molar-refractivity contribution is 7.92. The quantitative estimate of drug-likeness (QED) is 0.798. The van der Waals surface area contributed by atoms with Crippen LogP contribution in [0.25, 0.3) is 0 Å². The van der Waals surface area contributed by atoms with Crippen molar-refractivity contribution in [3.8, 4) is 5.75 Å². The van der Waals surface area contributed by atoms with E-state index in [9.17, 15) is 13.2 Å². The molecule has 0 N–H and O–H groups in total. The number of nitrogens with zero attached hydrogens (tertiary/aromatic N) is 1. The molecule has 1 aliphatic rings. The van der Waals surface area contributed by atoms with E-state index in [-0.39, 0.29) is 10.8 Å². The van der Waals surface area contributed by atoms with Crippen LogP contribution in [0.4, 0.5) is 0 Å². The summed E-state index contributed by atoms with van der Waals surface area (Å²) in [6.07, 6.45) is 0.847. The highest BCUT2D eigenvalue weighted by Crippen LogP contribution is 2.26. The topological polar surface area (TPSA) is 63.7 Å². The number of likely N-dealkylation sites (tertiary alicyclic amines) is 1. The van der Waals surface area contributed by atoms with E-state index in [4.69, 9.17) is 16.3 Å². The van der Waals surface area contributed by atoms with Crippen LogP contribution < -0.4 is 4.74 Å². The molecule has 0 aromatic heterocycles. The molecule has 1 aliphatic heterocycles. The number of rotatable bonds is 4. The average molecular weight is 394 g/mol. The van der Waals surface area contributed by atoms with Crippen LogP contribution in [0.1, 0.15) is 23.2 Å². The molecule has 2 aromatic rings. The lowest BCUT2D eigenvalue weighted by Gasteiger charge is -2.31. The van der Waals surface area contributed by atoms with Gasteiger partial charge in [0, 0.05) is 23.7 Å². The Bertz CT molecular complexity index is 871. The molecule has 0 unspecified atom stereocenters. The molecule has 0 radical (unpaired) electrons. The summed E-state index contributed by atoms with van der Waals surface area (Å²) < 4.78 is 30.6. The van der Waals surface area contributed by atoms with E-state index in [1.807, 2.05) is 0 Å². The zero-order valence-electron chi connectivity index (χ0n) is 14.4. The third-order valence-corrected chi connectivity index (χ3v) is 7.18. The van der Waals surface area contributed by atoms with Gasteiger partial charge in [-0.15, -0.1) is 0 Å². The molecule has 3 rings (SSSR count). The second-order valence-electron chi connectivity index (χ2n) is 6.22. The molecule has 1 fully saturated rings. The van der Waals surface area contributed by atoms with Crippen molar-refractivity contribution in [2.45, 2.75) is 23.0 Å². The summed E-state index contributed by atoms with van der Waals surface area (Å²) in [5.41, 5.74) is 0.574. The molecule has 26 heavy (non-hydrogen) atoms. The molecule has 1 heterocycles. The Morgan fingerprint density at radius 2 is 1.62 bits per heavy atom. The average Bonchev–Trinajstić information content (AvgIpc) is 2.68. The van der Waals surface area contributed by atoms with Gasteiger partial charge in [0.25, 0.3) is 5.91 Å². The predicted molar refractivity (Wildman–Crippen MR) is 101 cm³/mol. The van der Waals surface area contributed by atoms with Crippen molar-refractivity contribution >= 4 is 27.3 Å². The minimum atomic E-state index is -3.41. The first kappa shape index (κ1) is 18.7. The number of hydrogen-bond donors (Lipinski definition) is 0. The van der Waals surface area contributed by atoms with Gasteiger partial charge in [0.1, 0.15) is 5.75 Å². The van der Waals surface area contributed by atoms with Crippen molar-refractivity contribution in [3.63, 3.8) is 0 Å². The van der Waals surface area contributed by atoms with Crippen LogP contribution in [0.2, 0.25) is 5.02 Å². The largest absolute Gasteiger partial charge is 0.497 e. The van der Waals surface area contributed by atoms with E-state index in [0.717, 1.165) is 0 Å². The first-order valence-electron chi connectivity index (χ1n) is 8.34. The molecule has 0 aliphatic carbocycles. The molecule has 2 aromatic carbocycles. The molecule has 0 spiro atoms. The summed E-state index contributed by atoms with van der Waals surface area (Å²) in [6, 6.07) is 13.2. The number of methoxy groups -OCH3 is 1. The molecule has 1 saturated heterocycles. The SMILES string of the molecule is COc1ccc(C(=O)N2CCC(S(=O)(=O)c3ccc(Cl)cc3)CC2)cc1. The van der Waals surface area contributed by atoms with Crippen molar-refractivity contribution in [1.82, 2.24) is 4.90 Å². The lowest BCUT2D eigenvalue weighted by atomic mass is 10.1. The number of hydrogen-bond acceptors (Lipinski definition) is 4. The minimum Gasteiger partial charge on any atom is -0.497 e. The second-order valence-corrected chi connectivity index (χ2v) is 8.88. The third kappa shape index (κ3) is 3.86. The fourth-order valence-electron chi connectivity index (χ4n) is 3.10. The summed E-state index contributed by atoms with van der Waals surface area (Å²) in [7, 11) is -1.84. The van der Waals surface area contributed by atoms with Crippen molar-refractivity contribution < 1.29 is 17.9 Å². The number of carbonyl (C=O) groups excluding carboxylic acids is 1. The van der Waals surface area contributed by atoms with Gasteiger partial charge in [-0.25, -0.2) is 8.42 Å². The van der Waals surface area contributed by atoms with Crippen LogP contribution >= 0.6 is 11.6 Å². The normalized spacial score (nSPS) is 15.7. The van der Waals surface area contributed by atoms with Crippen LogP contribution in [0, 0.1) is 0 Å². The molecule has 0 bridgehead atoms. The maximum Gasteiger partial charge on any atom is 0.253 e. The zero-order chi connectivity index (χ0) is 18.7. The Morgan fingerprint density at radius 1 is 1.04 bits per heavy atom. The molecular formula is C19H20ClNO4S. The van der Waals surface area contributed by atoms with Crippen LogP contribution in [0.5, 0.6) is 5.75 Å². The Labute approximate surface area is 158 Å². The summed E-state index contributed by atoms with van der Waals surface area (Å²) in [5.74, 6) is 0.601. The van der Waals surface area contributed by atoms with Gasteiger partial charge in [0.15, 0.2) is 9.84 Å². The Hall–Kier alpha value is -2.05. The molecule has 1 amide bonds. The van der Waals surface area contributed by atoms with Crippen LogP contribution in [0.3, 0.4) is 0 Å². The maximum absolute atomic E-state index is 12.8. The first-order valence-corrected chi connectivity index (χ1v) is 10.3. The van der Waals surface area contributed by atoms with Gasteiger partial charge in [-0.2, -0.15) is 0 Å². The summed E-state index contributed by atoms with van der Waals surface area (Å²) in [6.45, 7) is 0.838. The van der Waals surface area contributed by atoms with E-state index in [0.29, 0.717) is 42.3 Å². The molecule has 0 atom stereocenters. The standard InChI is InChI=1S/C19H20ClNO4S/c1-25-16-6-2-14(3-7-16)19(22)21-12-10-18(11-13-21)26(23,24)17-8-4-15(20)5-9-17/h2-9,18H,10-13H2,1H3. The van der Waals surface area contributed by atoms with Crippen LogP contribution in [-0.4, -0.2) is 44.7 Å². The molecule has 0 saturated carbocycles. The number of ether oxygens (including phenoxy) is 1. The van der Waals surface area contributed by atoms with E-state index >= 15 is 0 Å². The number of amides is 1. The van der Waals surface area contributed by atoms with Crippen molar-refractivity contribution in [3.05, 3.63) is 59.1 Å². The molecular weight excluding hydrogens is 374 g/mol. The lowest BCUT2D eigenvalue weighted by Crippen LogP contribution is -2.42. The van der Waals surface area contributed by atoms with Crippen molar-refractivity contribution in [1.29, 1.82) is 0 Å². The first-order chi connectivity index (χ1) is 12.4. The fourth-order valence-corrected chi connectivity index (χ4v) is 4.96. The van der Waals surface area contributed by atoms with Gasteiger partial charge in [-0.05, 0) is 61.4 Å². The highest BCUT2D eigenvalue weighted by atomic mass is 35.5. The Morgan fingerprint density at radius 3 is 2.15 bits per heavy atom. The minimum absolute atomic E-state index is 0.0880. The zero-order valence-corrected chi connectivity index (χ0v) is 16.0. The van der Waals surface area contributed by atoms with Gasteiger partial charge in [-0.3, -0.25) is 4.79 Å². The lowest BCUT2D eigenvalue weighted by molar-refractivity contribution is 0.0725. The van der Waals surface area contributed by atoms with Crippen LogP contribution in [-0.2, 0) is 9.84 Å². The van der Waals surface area contributed by atoms with Crippen molar-refractivity contribution in [2.75, 3.05) is 20.2 Å². The number of carbonyl (C=O) groups is 1. The van der Waals surface area contributed by atoms with Gasteiger partial charge >= 0.3 is 0 Å². The van der Waals surface area contributed by atoms with Gasteiger partial charge in [0.2, 0.25) is 0 Å². The van der Waals surface area contributed by atoms with E-state index in [1.165, 1.54) is 12.1 Å². The predicted octanol–water partition coefficient (Wildman–Crippen LogP) is 3.43. The third-order valence-electron chi connectivity index (χ3n) is 4.65. The van der Waals surface area contributed by atoms with Gasteiger partial charge in [0.05, 0.1) is 17.3 Å². The second kappa shape index (κ2) is 7.68. The van der Waals surface area contributed by atoms with E-state index in [2.05, 4.69) is 0 Å². The highest BCUT2D eigenvalue weighted by Gasteiger charge is 2.32. The molecule has 7 heteroatoms. The van der Waals surface area contributed by atoms with Gasteiger partial charge < -0.3 is 9.64 Å². The number of piperidine rings is 1. The number of sulfone groups is 1. The maximum atomic E-state index is 12.8. The molecule has 138 valence electrons. The smallest absolute Gasteiger partial charge is 0.253 e. The van der Waals surface area contributed by atoms with Crippen LogP contribution in [0.15, 0.2) is 53.4 Å². The monoisotopic (exact) mass is 393 g/mol. The Balaban J connectivity index is 1.66. The summed E-state index contributed by atoms with van der Waals surface area (Å²) in [5, 5.41) is 0.0208. The summed E-state index contributed by atoms with van der Waals surface area (Å²) in [4.78, 5) is 14.6. The van der Waals surface area contributed by atoms with E-state index in [1.54, 1.807) is 48.4 Å². The number of halogens is 1. The molecule has 5 nitrogen and oxygen atoms in total. The fraction of sp³-hybridized carbons (Fsp3) is 0.316.